The molecule has 134 valence electrons. The van der Waals surface area contributed by atoms with E-state index in [0.717, 1.165) is 44.3 Å². The van der Waals surface area contributed by atoms with Crippen LogP contribution in [-0.4, -0.2) is 40.5 Å². The minimum Gasteiger partial charge on any atom is -0.352 e. The number of halogens is 1. The van der Waals surface area contributed by atoms with Gasteiger partial charge in [0, 0.05) is 18.7 Å². The van der Waals surface area contributed by atoms with Crippen LogP contribution in [0, 0.1) is 5.92 Å². The lowest BCUT2D eigenvalue weighted by molar-refractivity contribution is 0.0945. The van der Waals surface area contributed by atoms with Crippen molar-refractivity contribution in [3.63, 3.8) is 0 Å². The van der Waals surface area contributed by atoms with Crippen molar-refractivity contribution < 1.29 is 13.2 Å². The number of hydrogen-bond acceptors (Lipinski definition) is 4. The zero-order valence-electron chi connectivity index (χ0n) is 13.5. The number of piperidine rings is 1. The second-order valence-corrected chi connectivity index (χ2v) is 7.99. The molecular formula is C16H24ClN3O3S. The maximum atomic E-state index is 12.4. The lowest BCUT2D eigenvalue weighted by Crippen LogP contribution is -2.34. The lowest BCUT2D eigenvalue weighted by atomic mass is 9.96. The van der Waals surface area contributed by atoms with Gasteiger partial charge in [-0.15, -0.1) is 12.4 Å². The Morgan fingerprint density at radius 1 is 1.25 bits per heavy atom. The topological polar surface area (TPSA) is 87.3 Å². The van der Waals surface area contributed by atoms with Crippen molar-refractivity contribution in [2.24, 2.45) is 5.92 Å². The highest BCUT2D eigenvalue weighted by Crippen LogP contribution is 2.19. The average Bonchev–Trinajstić information content (AvgIpc) is 2.56. The summed E-state index contributed by atoms with van der Waals surface area (Å²) in [5.74, 6) is 0.331. The standard InChI is InChI=1S/C16H23N3O3S.ClH/c20-16-15-10-14(4-3-13(15)6-8-18-16)23(21,22)19-9-5-12-2-1-7-17-11-12;/h3-4,10,12,17,19H,1-2,5-9,11H2,(H,18,20);1H. The van der Waals surface area contributed by atoms with E-state index in [2.05, 4.69) is 15.4 Å². The Balaban J connectivity index is 0.00000208. The van der Waals surface area contributed by atoms with Crippen LogP contribution in [0.15, 0.2) is 23.1 Å². The molecule has 2 aliphatic rings. The predicted octanol–water partition coefficient (Wildman–Crippen LogP) is 1.06. The molecular weight excluding hydrogens is 350 g/mol. The van der Waals surface area contributed by atoms with Crippen LogP contribution in [0.3, 0.4) is 0 Å². The van der Waals surface area contributed by atoms with Crippen LogP contribution >= 0.6 is 12.4 Å². The van der Waals surface area contributed by atoms with Gasteiger partial charge in [0.25, 0.3) is 5.91 Å². The average molecular weight is 374 g/mol. The lowest BCUT2D eigenvalue weighted by Gasteiger charge is -2.22. The van der Waals surface area contributed by atoms with Crippen LogP contribution in [0.4, 0.5) is 0 Å². The molecule has 0 bridgehead atoms. The monoisotopic (exact) mass is 373 g/mol. The fourth-order valence-corrected chi connectivity index (χ4v) is 4.28. The number of hydrogen-bond donors (Lipinski definition) is 3. The van der Waals surface area contributed by atoms with Gasteiger partial charge in [-0.25, -0.2) is 13.1 Å². The van der Waals surface area contributed by atoms with Gasteiger partial charge in [0.05, 0.1) is 4.90 Å². The largest absolute Gasteiger partial charge is 0.352 e. The summed E-state index contributed by atoms with van der Waals surface area (Å²) in [5, 5.41) is 6.07. The van der Waals surface area contributed by atoms with Crippen molar-refractivity contribution in [3.05, 3.63) is 29.3 Å². The van der Waals surface area contributed by atoms with Gasteiger partial charge in [0.1, 0.15) is 0 Å². The quantitative estimate of drug-likeness (QED) is 0.720. The molecule has 1 aromatic rings. The van der Waals surface area contributed by atoms with Crippen LogP contribution < -0.4 is 15.4 Å². The number of fused-ring (bicyclic) bond motifs is 1. The van der Waals surface area contributed by atoms with Gasteiger partial charge < -0.3 is 10.6 Å². The minimum atomic E-state index is -3.57. The third-order valence-corrected chi connectivity index (χ3v) is 6.02. The molecule has 0 saturated carbocycles. The first-order valence-electron chi connectivity index (χ1n) is 8.18. The highest BCUT2D eigenvalue weighted by Gasteiger charge is 2.22. The number of carbonyl (C=O) groups excluding carboxylic acids is 1. The second kappa shape index (κ2) is 8.29. The van der Waals surface area contributed by atoms with Crippen LogP contribution in [0.2, 0.25) is 0 Å². The summed E-state index contributed by atoms with van der Waals surface area (Å²) in [4.78, 5) is 12.0. The molecule has 1 atom stereocenters. The summed E-state index contributed by atoms with van der Waals surface area (Å²) in [5.41, 5.74) is 1.37. The van der Waals surface area contributed by atoms with Crippen molar-refractivity contribution in [2.75, 3.05) is 26.2 Å². The fraction of sp³-hybridized carbons (Fsp3) is 0.562. The molecule has 3 rings (SSSR count). The number of rotatable bonds is 5. The van der Waals surface area contributed by atoms with E-state index >= 15 is 0 Å². The molecule has 0 aliphatic carbocycles. The molecule has 1 saturated heterocycles. The summed E-state index contributed by atoms with van der Waals surface area (Å²) >= 11 is 0. The summed E-state index contributed by atoms with van der Waals surface area (Å²) < 4.78 is 27.5. The van der Waals surface area contributed by atoms with E-state index in [1.54, 1.807) is 12.1 Å². The van der Waals surface area contributed by atoms with Gasteiger partial charge >= 0.3 is 0 Å². The van der Waals surface area contributed by atoms with Gasteiger partial charge in [0.15, 0.2) is 0 Å². The molecule has 8 heteroatoms. The maximum Gasteiger partial charge on any atom is 0.251 e. The molecule has 1 aromatic carbocycles. The van der Waals surface area contributed by atoms with E-state index in [1.807, 2.05) is 0 Å². The van der Waals surface area contributed by atoms with Crippen molar-refractivity contribution >= 4 is 28.3 Å². The second-order valence-electron chi connectivity index (χ2n) is 6.22. The van der Waals surface area contributed by atoms with Crippen LogP contribution in [0.25, 0.3) is 0 Å². The molecule has 3 N–H and O–H groups in total. The highest BCUT2D eigenvalue weighted by atomic mass is 35.5. The van der Waals surface area contributed by atoms with Crippen molar-refractivity contribution in [1.82, 2.24) is 15.4 Å². The Morgan fingerprint density at radius 3 is 2.83 bits per heavy atom. The van der Waals surface area contributed by atoms with E-state index < -0.39 is 10.0 Å². The normalized spacial score (nSPS) is 20.7. The van der Waals surface area contributed by atoms with Gasteiger partial charge in [-0.1, -0.05) is 6.07 Å². The summed E-state index contributed by atoms with van der Waals surface area (Å²) in [6, 6.07) is 4.81. The molecule has 2 aliphatic heterocycles. The minimum absolute atomic E-state index is 0. The van der Waals surface area contributed by atoms with E-state index in [0.29, 0.717) is 24.6 Å². The van der Waals surface area contributed by atoms with E-state index in [9.17, 15) is 13.2 Å². The molecule has 1 unspecified atom stereocenters. The number of sulfonamides is 1. The van der Waals surface area contributed by atoms with Gasteiger partial charge in [-0.05, 0) is 62.4 Å². The number of carbonyl (C=O) groups is 1. The summed E-state index contributed by atoms with van der Waals surface area (Å²) in [6.07, 6.45) is 3.87. The fourth-order valence-electron chi connectivity index (χ4n) is 3.21. The molecule has 2 heterocycles. The van der Waals surface area contributed by atoms with Crippen molar-refractivity contribution in [2.45, 2.75) is 30.6 Å². The van der Waals surface area contributed by atoms with Crippen LogP contribution in [-0.2, 0) is 16.4 Å². The Morgan fingerprint density at radius 2 is 2.08 bits per heavy atom. The molecule has 0 radical (unpaired) electrons. The summed E-state index contributed by atoms with van der Waals surface area (Å²) in [7, 11) is -3.57. The SMILES string of the molecule is Cl.O=C1NCCc2ccc(S(=O)(=O)NCCC3CCCNC3)cc21. The first-order valence-corrected chi connectivity index (χ1v) is 9.66. The first-order chi connectivity index (χ1) is 11.1. The van der Waals surface area contributed by atoms with Crippen molar-refractivity contribution in [3.8, 4) is 0 Å². The van der Waals surface area contributed by atoms with Gasteiger partial charge in [-0.2, -0.15) is 0 Å². The van der Waals surface area contributed by atoms with Crippen LogP contribution in [0.5, 0.6) is 0 Å². The summed E-state index contributed by atoms with van der Waals surface area (Å²) in [6.45, 7) is 3.05. The molecule has 24 heavy (non-hydrogen) atoms. The van der Waals surface area contributed by atoms with E-state index in [1.165, 1.54) is 6.07 Å². The smallest absolute Gasteiger partial charge is 0.251 e. The van der Waals surface area contributed by atoms with E-state index in [-0.39, 0.29) is 23.2 Å². The van der Waals surface area contributed by atoms with Gasteiger partial charge in [-0.3, -0.25) is 4.79 Å². The zero-order valence-corrected chi connectivity index (χ0v) is 15.1. The Kier molecular flexibility index (Phi) is 6.62. The van der Waals surface area contributed by atoms with E-state index in [4.69, 9.17) is 0 Å². The third-order valence-electron chi connectivity index (χ3n) is 4.56. The molecule has 0 spiro atoms. The third kappa shape index (κ3) is 4.47. The highest BCUT2D eigenvalue weighted by molar-refractivity contribution is 7.89. The zero-order chi connectivity index (χ0) is 16.3. The number of benzene rings is 1. The number of amides is 1. The first kappa shape index (κ1) is 19.2. The molecule has 0 aromatic heterocycles. The van der Waals surface area contributed by atoms with Crippen molar-refractivity contribution in [1.29, 1.82) is 0 Å². The van der Waals surface area contributed by atoms with Gasteiger partial charge in [0.2, 0.25) is 10.0 Å². The van der Waals surface area contributed by atoms with Crippen LogP contribution in [0.1, 0.15) is 35.2 Å². The Bertz CT molecular complexity index is 688. The molecule has 1 amide bonds. The molecule has 6 nitrogen and oxygen atoms in total. The predicted molar refractivity (Wildman–Crippen MR) is 95.1 cm³/mol. The molecule has 1 fully saturated rings. The maximum absolute atomic E-state index is 12.4. The number of nitrogens with one attached hydrogen (secondary N) is 3. The Labute approximate surface area is 149 Å². The Hall–Kier alpha value is -1.15.